The first-order valence-electron chi connectivity index (χ1n) is 6.79. The van der Waals surface area contributed by atoms with E-state index in [2.05, 4.69) is 27.7 Å². The molecule has 20 heavy (non-hydrogen) atoms. The highest BCUT2D eigenvalue weighted by Crippen LogP contribution is 2.55. The van der Waals surface area contributed by atoms with Crippen molar-refractivity contribution in [3.63, 3.8) is 0 Å². The topological polar surface area (TPSA) is 57.5 Å². The number of hydrogen-bond acceptors (Lipinski definition) is 1. The average Bonchev–Trinajstić information content (AvgIpc) is 2.33. The second-order valence-electron chi connectivity index (χ2n) is 7.00. The van der Waals surface area contributed by atoms with Crippen LogP contribution in [-0.2, 0) is 15.4 Å². The Morgan fingerprint density at radius 1 is 1.10 bits per heavy atom. The van der Waals surface area contributed by atoms with Crippen LogP contribution in [0.1, 0.15) is 62.3 Å². The highest BCUT2D eigenvalue weighted by atomic mass is 35.5. The third kappa shape index (κ3) is 2.82. The Morgan fingerprint density at radius 3 is 2.10 bits per heavy atom. The van der Waals surface area contributed by atoms with Crippen LogP contribution in [0.25, 0.3) is 0 Å². The van der Waals surface area contributed by atoms with E-state index in [1.54, 1.807) is 6.07 Å². The van der Waals surface area contributed by atoms with Gasteiger partial charge in [-0.25, -0.2) is 0 Å². The van der Waals surface area contributed by atoms with Gasteiger partial charge in [0.2, 0.25) is 0 Å². The molecule has 1 aromatic carbocycles. The molecule has 2 N–H and O–H groups in total. The van der Waals surface area contributed by atoms with Crippen molar-refractivity contribution in [2.45, 2.75) is 56.5 Å². The van der Waals surface area contributed by atoms with Gasteiger partial charge in [0.25, 0.3) is 0 Å². The smallest absolute Gasteiger partial charge is 0.323 e. The summed E-state index contributed by atoms with van der Waals surface area (Å²) in [6, 6.07) is 5.61. The lowest BCUT2D eigenvalue weighted by Gasteiger charge is -2.42. The zero-order valence-corrected chi connectivity index (χ0v) is 14.0. The first-order valence-corrected chi connectivity index (χ1v) is 8.91. The van der Waals surface area contributed by atoms with Gasteiger partial charge in [0, 0.05) is 0 Å². The minimum atomic E-state index is -4.32. The van der Waals surface area contributed by atoms with Crippen molar-refractivity contribution in [3.05, 3.63) is 34.9 Å². The molecule has 1 aliphatic rings. The van der Waals surface area contributed by atoms with E-state index in [4.69, 9.17) is 11.6 Å². The zero-order valence-electron chi connectivity index (χ0n) is 12.4. The summed E-state index contributed by atoms with van der Waals surface area (Å²) >= 11 is 5.93. The van der Waals surface area contributed by atoms with Crippen LogP contribution in [-0.4, -0.2) is 9.79 Å². The molecule has 0 radical (unpaired) electrons. The van der Waals surface area contributed by atoms with Gasteiger partial charge < -0.3 is 9.79 Å². The fourth-order valence-corrected chi connectivity index (χ4v) is 3.63. The maximum Gasteiger partial charge on any atom is 0.347 e. The molecule has 1 aliphatic carbocycles. The molecule has 5 heteroatoms. The minimum absolute atomic E-state index is 0.00632. The van der Waals surface area contributed by atoms with Crippen LogP contribution < -0.4 is 0 Å². The first kappa shape index (κ1) is 16.0. The fourth-order valence-electron chi connectivity index (χ4n) is 2.95. The van der Waals surface area contributed by atoms with Crippen molar-refractivity contribution in [1.82, 2.24) is 0 Å². The maximum atomic E-state index is 11.4. The second-order valence-corrected chi connectivity index (χ2v) is 9.43. The average molecular weight is 317 g/mol. The fraction of sp³-hybridized carbons (Fsp3) is 0.600. The van der Waals surface area contributed by atoms with E-state index in [0.717, 1.165) is 18.4 Å². The van der Waals surface area contributed by atoms with E-state index in [9.17, 15) is 14.4 Å². The Hall–Kier alpha value is -0.340. The normalized spacial score (nSPS) is 22.1. The quantitative estimate of drug-likeness (QED) is 0.626. The summed E-state index contributed by atoms with van der Waals surface area (Å²) in [5.74, 6) is 0. The van der Waals surface area contributed by atoms with E-state index in [1.165, 1.54) is 5.56 Å². The molecule has 0 saturated carbocycles. The van der Waals surface area contributed by atoms with Crippen molar-refractivity contribution in [1.29, 1.82) is 0 Å². The largest absolute Gasteiger partial charge is 0.347 e. The van der Waals surface area contributed by atoms with E-state index >= 15 is 0 Å². The van der Waals surface area contributed by atoms with E-state index < -0.39 is 12.7 Å². The lowest BCUT2D eigenvalue weighted by Crippen LogP contribution is -2.33. The third-order valence-corrected chi connectivity index (χ3v) is 6.35. The van der Waals surface area contributed by atoms with Crippen LogP contribution in [0.2, 0.25) is 0 Å². The molecule has 0 aromatic heterocycles. The summed E-state index contributed by atoms with van der Waals surface area (Å²) in [7, 11) is -4.32. The SMILES string of the molecule is CC1(C)CCC(C)(C)c2cc(C(Cl)P(=O)(O)O)ccc21. The van der Waals surface area contributed by atoms with Crippen LogP contribution in [0, 0.1) is 0 Å². The first-order chi connectivity index (χ1) is 8.95. The molecule has 1 aromatic rings. The van der Waals surface area contributed by atoms with Gasteiger partial charge in [-0.05, 0) is 40.4 Å². The van der Waals surface area contributed by atoms with Crippen LogP contribution >= 0.6 is 19.2 Å². The summed E-state index contributed by atoms with van der Waals surface area (Å²) in [5.41, 5.74) is 3.02. The number of rotatable bonds is 2. The Kier molecular flexibility index (Phi) is 3.88. The summed E-state index contributed by atoms with van der Waals surface area (Å²) in [6.45, 7) is 8.76. The molecule has 0 fully saturated rings. The highest BCUT2D eigenvalue weighted by Gasteiger charge is 2.38. The molecule has 112 valence electrons. The summed E-state index contributed by atoms with van der Waals surface area (Å²) < 4.78 is 11.4. The molecule has 0 bridgehead atoms. The molecule has 0 spiro atoms. The monoisotopic (exact) mass is 316 g/mol. The van der Waals surface area contributed by atoms with Crippen LogP contribution in [0.5, 0.6) is 0 Å². The molecular formula is C15H22ClO3P. The Labute approximate surface area is 125 Å². The number of halogens is 1. The van der Waals surface area contributed by atoms with Gasteiger partial charge >= 0.3 is 7.60 Å². The van der Waals surface area contributed by atoms with Crippen LogP contribution in [0.15, 0.2) is 18.2 Å². The molecule has 1 unspecified atom stereocenters. The second kappa shape index (κ2) is 4.84. The van der Waals surface area contributed by atoms with Crippen molar-refractivity contribution < 1.29 is 14.4 Å². The number of hydrogen-bond donors (Lipinski definition) is 2. The molecule has 0 aliphatic heterocycles. The summed E-state index contributed by atoms with van der Waals surface area (Å²) in [6.07, 6.45) is 2.16. The van der Waals surface area contributed by atoms with Crippen molar-refractivity contribution >= 4 is 19.2 Å². The van der Waals surface area contributed by atoms with Gasteiger partial charge in [-0.3, -0.25) is 4.57 Å². The number of fused-ring (bicyclic) bond motifs is 1. The Morgan fingerprint density at radius 2 is 1.60 bits per heavy atom. The van der Waals surface area contributed by atoms with E-state index in [0.29, 0.717) is 5.56 Å². The number of alkyl halides is 1. The van der Waals surface area contributed by atoms with Gasteiger partial charge in [0.05, 0.1) is 0 Å². The van der Waals surface area contributed by atoms with E-state index in [1.807, 2.05) is 12.1 Å². The van der Waals surface area contributed by atoms with Gasteiger partial charge in [-0.1, -0.05) is 45.9 Å². The van der Waals surface area contributed by atoms with Gasteiger partial charge in [0.15, 0.2) is 5.12 Å². The predicted molar refractivity (Wildman–Crippen MR) is 82.4 cm³/mol. The van der Waals surface area contributed by atoms with Crippen molar-refractivity contribution in [3.8, 4) is 0 Å². The minimum Gasteiger partial charge on any atom is -0.323 e. The molecular weight excluding hydrogens is 295 g/mol. The third-order valence-electron chi connectivity index (χ3n) is 4.45. The summed E-state index contributed by atoms with van der Waals surface area (Å²) in [4.78, 5) is 18.5. The lowest BCUT2D eigenvalue weighted by atomic mass is 9.63. The van der Waals surface area contributed by atoms with Crippen LogP contribution in [0.4, 0.5) is 0 Å². The molecule has 1 atom stereocenters. The summed E-state index contributed by atoms with van der Waals surface area (Å²) in [5, 5.41) is -1.27. The van der Waals surface area contributed by atoms with Crippen LogP contribution in [0.3, 0.4) is 0 Å². The Balaban J connectivity index is 2.57. The van der Waals surface area contributed by atoms with Crippen molar-refractivity contribution in [2.75, 3.05) is 0 Å². The highest BCUT2D eigenvalue weighted by molar-refractivity contribution is 7.54. The molecule has 2 rings (SSSR count). The van der Waals surface area contributed by atoms with Gasteiger partial charge in [0.1, 0.15) is 0 Å². The molecule has 0 amide bonds. The Bertz CT molecular complexity index is 574. The van der Waals surface area contributed by atoms with Gasteiger partial charge in [-0.15, -0.1) is 11.6 Å². The zero-order chi connectivity index (χ0) is 15.3. The predicted octanol–water partition coefficient (Wildman–Crippen LogP) is 4.45. The van der Waals surface area contributed by atoms with E-state index in [-0.39, 0.29) is 10.8 Å². The maximum absolute atomic E-state index is 11.4. The lowest BCUT2D eigenvalue weighted by molar-refractivity contribution is 0.331. The van der Waals surface area contributed by atoms with Crippen molar-refractivity contribution in [2.24, 2.45) is 0 Å². The number of benzene rings is 1. The standard InChI is InChI=1S/C15H22ClO3P/c1-14(2)7-8-15(3,4)12-9-10(5-6-11(12)14)13(16)20(17,18)19/h5-6,9,13H,7-8H2,1-4H3,(H2,17,18,19). The molecule has 3 nitrogen and oxygen atoms in total. The molecule has 0 heterocycles. The van der Waals surface area contributed by atoms with Gasteiger partial charge in [-0.2, -0.15) is 0 Å². The molecule has 0 saturated heterocycles.